The molecule has 1 unspecified atom stereocenters. The Kier molecular flexibility index (Phi) is 8.36. The van der Waals surface area contributed by atoms with Crippen molar-refractivity contribution in [2.45, 2.75) is 59.1 Å². The Morgan fingerprint density at radius 3 is 2.31 bits per heavy atom. The third kappa shape index (κ3) is 7.30. The minimum Gasteiger partial charge on any atom is -0.481 e. The van der Waals surface area contributed by atoms with Crippen molar-refractivity contribution >= 4 is 12.1 Å². The Bertz CT molecular complexity index is 604. The third-order valence-electron chi connectivity index (χ3n) is 4.09. The van der Waals surface area contributed by atoms with Crippen molar-refractivity contribution in [3.8, 4) is 0 Å². The van der Waals surface area contributed by atoms with Gasteiger partial charge < -0.3 is 15.2 Å². The van der Waals surface area contributed by atoms with Crippen molar-refractivity contribution in [2.75, 3.05) is 0 Å². The van der Waals surface area contributed by atoms with Crippen molar-refractivity contribution in [2.24, 2.45) is 11.8 Å². The van der Waals surface area contributed by atoms with Gasteiger partial charge in [-0.1, -0.05) is 49.4 Å². The molecule has 144 valence electrons. The lowest BCUT2D eigenvalue weighted by atomic mass is 9.81. The second kappa shape index (κ2) is 10.00. The standard InChI is InChI=1S/C21H31NO4/c1-6-11-16(7-2)18(19(23)24)17(14-15-12-9-8-10-13-15)22-20(25)26-21(3,4)5/h6,8-13,16-18H,7,14H2,1-5H3,(H,22,25)(H,23,24)/b11-6+/t16-,17+,18?/m1/s1. The number of rotatable bonds is 8. The number of carboxylic acids is 1. The van der Waals surface area contributed by atoms with E-state index in [0.717, 1.165) is 5.56 Å². The summed E-state index contributed by atoms with van der Waals surface area (Å²) in [4.78, 5) is 24.4. The predicted molar refractivity (Wildman–Crippen MR) is 103 cm³/mol. The van der Waals surface area contributed by atoms with Crippen molar-refractivity contribution < 1.29 is 19.4 Å². The summed E-state index contributed by atoms with van der Waals surface area (Å²) in [5.74, 6) is -1.85. The summed E-state index contributed by atoms with van der Waals surface area (Å²) < 4.78 is 5.35. The second-order valence-corrected chi connectivity index (χ2v) is 7.40. The van der Waals surface area contributed by atoms with Crippen LogP contribution in [0.4, 0.5) is 4.79 Å². The number of carboxylic acid groups (broad SMARTS) is 1. The summed E-state index contributed by atoms with van der Waals surface area (Å²) >= 11 is 0. The summed E-state index contributed by atoms with van der Waals surface area (Å²) in [6.07, 6.45) is 4.25. The second-order valence-electron chi connectivity index (χ2n) is 7.40. The van der Waals surface area contributed by atoms with Crippen LogP contribution in [0.5, 0.6) is 0 Å². The zero-order chi connectivity index (χ0) is 19.7. The lowest BCUT2D eigenvalue weighted by Gasteiger charge is -2.30. The average Bonchev–Trinajstić information content (AvgIpc) is 2.53. The monoisotopic (exact) mass is 361 g/mol. The van der Waals surface area contributed by atoms with E-state index in [9.17, 15) is 14.7 Å². The topological polar surface area (TPSA) is 75.6 Å². The molecule has 0 heterocycles. The molecule has 0 bridgehead atoms. The molecule has 0 saturated heterocycles. The summed E-state index contributed by atoms with van der Waals surface area (Å²) in [7, 11) is 0. The van der Waals surface area contributed by atoms with Gasteiger partial charge in [-0.05, 0) is 52.0 Å². The highest BCUT2D eigenvalue weighted by Gasteiger charge is 2.35. The van der Waals surface area contributed by atoms with E-state index >= 15 is 0 Å². The number of amides is 1. The van der Waals surface area contributed by atoms with Crippen LogP contribution in [0.1, 0.15) is 46.6 Å². The number of hydrogen-bond acceptors (Lipinski definition) is 3. The largest absolute Gasteiger partial charge is 0.481 e. The molecule has 0 aliphatic rings. The van der Waals surface area contributed by atoms with Gasteiger partial charge >= 0.3 is 12.1 Å². The van der Waals surface area contributed by atoms with E-state index in [0.29, 0.717) is 12.8 Å². The number of nitrogens with one attached hydrogen (secondary N) is 1. The highest BCUT2D eigenvalue weighted by atomic mass is 16.6. The molecular weight excluding hydrogens is 330 g/mol. The smallest absolute Gasteiger partial charge is 0.407 e. The molecule has 2 N–H and O–H groups in total. The molecule has 26 heavy (non-hydrogen) atoms. The van der Waals surface area contributed by atoms with Crippen molar-refractivity contribution in [3.05, 3.63) is 48.0 Å². The molecule has 0 saturated carbocycles. The fourth-order valence-corrected chi connectivity index (χ4v) is 3.01. The van der Waals surface area contributed by atoms with Crippen LogP contribution in [0.2, 0.25) is 0 Å². The van der Waals surface area contributed by atoms with Gasteiger partial charge in [-0.2, -0.15) is 0 Å². The van der Waals surface area contributed by atoms with Gasteiger partial charge in [0.25, 0.3) is 0 Å². The van der Waals surface area contributed by atoms with Crippen molar-refractivity contribution in [1.29, 1.82) is 0 Å². The summed E-state index contributed by atoms with van der Waals surface area (Å²) in [6.45, 7) is 9.16. The zero-order valence-corrected chi connectivity index (χ0v) is 16.4. The predicted octanol–water partition coefficient (Wildman–Crippen LogP) is 4.43. The van der Waals surface area contributed by atoms with E-state index in [2.05, 4.69) is 5.32 Å². The number of hydrogen-bond donors (Lipinski definition) is 2. The van der Waals surface area contributed by atoms with E-state index < -0.39 is 29.6 Å². The molecule has 5 heteroatoms. The molecule has 3 atom stereocenters. The number of carbonyl (C=O) groups excluding carboxylic acids is 1. The summed E-state index contributed by atoms with van der Waals surface area (Å²) in [5.41, 5.74) is 0.322. The maximum absolute atomic E-state index is 12.3. The minimum absolute atomic E-state index is 0.179. The fraction of sp³-hybridized carbons (Fsp3) is 0.524. The first kappa shape index (κ1) is 21.7. The van der Waals surface area contributed by atoms with Gasteiger partial charge in [-0.25, -0.2) is 4.79 Å². The molecule has 1 aromatic rings. The SMILES string of the molecule is C/C=C/[C@@H](CC)C(C(=O)O)[C@H](Cc1ccccc1)NC(=O)OC(C)(C)C. The van der Waals surface area contributed by atoms with Crippen molar-refractivity contribution in [1.82, 2.24) is 5.32 Å². The van der Waals surface area contributed by atoms with Crippen LogP contribution in [0.25, 0.3) is 0 Å². The molecular formula is C21H31NO4. The summed E-state index contributed by atoms with van der Waals surface area (Å²) in [5, 5.41) is 12.7. The van der Waals surface area contributed by atoms with E-state index in [-0.39, 0.29) is 5.92 Å². The van der Waals surface area contributed by atoms with E-state index in [1.807, 2.05) is 56.3 Å². The van der Waals surface area contributed by atoms with Gasteiger partial charge in [0.15, 0.2) is 0 Å². The molecule has 1 amide bonds. The number of alkyl carbamates (subject to hydrolysis) is 1. The van der Waals surface area contributed by atoms with Gasteiger partial charge in [-0.15, -0.1) is 0 Å². The van der Waals surface area contributed by atoms with Crippen LogP contribution in [-0.4, -0.2) is 28.8 Å². The molecule has 1 aromatic carbocycles. The van der Waals surface area contributed by atoms with Crippen LogP contribution >= 0.6 is 0 Å². The average molecular weight is 361 g/mol. The molecule has 0 radical (unpaired) electrons. The van der Waals surface area contributed by atoms with Crippen LogP contribution in [0, 0.1) is 11.8 Å². The number of carbonyl (C=O) groups is 2. The maximum Gasteiger partial charge on any atom is 0.407 e. The van der Waals surface area contributed by atoms with Gasteiger partial charge in [0.2, 0.25) is 0 Å². The molecule has 1 rings (SSSR count). The van der Waals surface area contributed by atoms with Crippen LogP contribution in [0.3, 0.4) is 0 Å². The Hall–Kier alpha value is -2.30. The first-order valence-corrected chi connectivity index (χ1v) is 9.07. The van der Waals surface area contributed by atoms with Crippen LogP contribution in [0.15, 0.2) is 42.5 Å². The quantitative estimate of drug-likeness (QED) is 0.672. The van der Waals surface area contributed by atoms with Gasteiger partial charge in [-0.3, -0.25) is 4.79 Å². The number of benzene rings is 1. The fourth-order valence-electron chi connectivity index (χ4n) is 3.01. The van der Waals surface area contributed by atoms with E-state index in [1.165, 1.54) is 0 Å². The molecule has 0 aromatic heterocycles. The Balaban J connectivity index is 3.14. The molecule has 0 aliphatic carbocycles. The highest BCUT2D eigenvalue weighted by Crippen LogP contribution is 2.25. The van der Waals surface area contributed by atoms with E-state index in [4.69, 9.17) is 4.74 Å². The number of allylic oxidation sites excluding steroid dienone is 2. The third-order valence-corrected chi connectivity index (χ3v) is 4.09. The maximum atomic E-state index is 12.3. The lowest BCUT2D eigenvalue weighted by molar-refractivity contribution is -0.144. The van der Waals surface area contributed by atoms with Gasteiger partial charge in [0, 0.05) is 0 Å². The molecule has 5 nitrogen and oxygen atoms in total. The zero-order valence-electron chi connectivity index (χ0n) is 16.4. The van der Waals surface area contributed by atoms with Gasteiger partial charge in [0.05, 0.1) is 12.0 Å². The number of aliphatic carboxylic acids is 1. The minimum atomic E-state index is -0.924. The van der Waals surface area contributed by atoms with E-state index in [1.54, 1.807) is 20.8 Å². The first-order chi connectivity index (χ1) is 12.2. The van der Waals surface area contributed by atoms with Gasteiger partial charge in [0.1, 0.15) is 5.60 Å². The number of ether oxygens (including phenoxy) is 1. The lowest BCUT2D eigenvalue weighted by Crippen LogP contribution is -2.48. The van der Waals surface area contributed by atoms with Crippen molar-refractivity contribution in [3.63, 3.8) is 0 Å². The Labute approximate surface area is 156 Å². The van der Waals surface area contributed by atoms with Crippen LogP contribution in [-0.2, 0) is 16.0 Å². The highest BCUT2D eigenvalue weighted by molar-refractivity contribution is 5.74. The Morgan fingerprint density at radius 2 is 1.85 bits per heavy atom. The molecule has 0 fully saturated rings. The first-order valence-electron chi connectivity index (χ1n) is 9.07. The summed E-state index contributed by atoms with van der Waals surface area (Å²) in [6, 6.07) is 8.99. The Morgan fingerprint density at radius 1 is 1.23 bits per heavy atom. The molecule has 0 aliphatic heterocycles. The van der Waals surface area contributed by atoms with Crippen LogP contribution < -0.4 is 5.32 Å². The normalized spacial score (nSPS) is 15.3. The molecule has 0 spiro atoms.